The molecule has 3 N–H and O–H groups in total. The molecule has 8 heteroatoms. The van der Waals surface area contributed by atoms with Gasteiger partial charge in [-0.25, -0.2) is 0 Å². The van der Waals surface area contributed by atoms with Crippen LogP contribution in [0.25, 0.3) is 0 Å². The Morgan fingerprint density at radius 2 is 1.62 bits per heavy atom. The van der Waals surface area contributed by atoms with Crippen molar-refractivity contribution in [2.75, 3.05) is 44.6 Å². The maximum atomic E-state index is 12.2. The first-order valence-electron chi connectivity index (χ1n) is 7.57. The fraction of sp³-hybridized carbons (Fsp3) is 0.500. The first kappa shape index (κ1) is 22.7. The molecule has 2 rings (SSSR count). The second-order valence-electron chi connectivity index (χ2n) is 5.68. The van der Waals surface area contributed by atoms with Crippen LogP contribution >= 0.6 is 24.8 Å². The number of nitrogens with zero attached hydrogens (tertiary/aromatic N) is 2. The number of benzene rings is 1. The van der Waals surface area contributed by atoms with Gasteiger partial charge in [0.1, 0.15) is 0 Å². The van der Waals surface area contributed by atoms with Crippen LogP contribution < -0.4 is 11.1 Å². The van der Waals surface area contributed by atoms with Crippen molar-refractivity contribution in [3.63, 3.8) is 0 Å². The smallest absolute Gasteiger partial charge is 0.238 e. The summed E-state index contributed by atoms with van der Waals surface area (Å²) in [6, 6.07) is 5.95. The van der Waals surface area contributed by atoms with E-state index in [1.165, 1.54) is 0 Å². The van der Waals surface area contributed by atoms with Gasteiger partial charge in [-0.3, -0.25) is 14.5 Å². The average molecular weight is 377 g/mol. The van der Waals surface area contributed by atoms with Gasteiger partial charge in [-0.1, -0.05) is 18.2 Å². The minimum Gasteiger partial charge on any atom is -0.339 e. The molecule has 136 valence electrons. The lowest BCUT2D eigenvalue weighted by atomic mass is 10.1. The van der Waals surface area contributed by atoms with E-state index in [2.05, 4.69) is 10.2 Å². The molecule has 0 radical (unpaired) electrons. The van der Waals surface area contributed by atoms with E-state index in [4.69, 9.17) is 5.73 Å². The highest BCUT2D eigenvalue weighted by Gasteiger charge is 2.21. The third kappa shape index (κ3) is 5.94. The van der Waals surface area contributed by atoms with E-state index in [1.807, 2.05) is 32.0 Å². The van der Waals surface area contributed by atoms with Gasteiger partial charge in [0.05, 0.1) is 13.1 Å². The highest BCUT2D eigenvalue weighted by molar-refractivity contribution is 5.93. The molecule has 0 atom stereocenters. The minimum absolute atomic E-state index is 0. The van der Waals surface area contributed by atoms with Crippen LogP contribution in [0.2, 0.25) is 0 Å². The third-order valence-electron chi connectivity index (χ3n) is 4.01. The number of nitrogens with two attached hydrogens (primary N) is 1. The van der Waals surface area contributed by atoms with E-state index in [1.54, 1.807) is 4.90 Å². The molecule has 1 aromatic carbocycles. The molecule has 1 aliphatic heterocycles. The number of piperazine rings is 1. The Labute approximate surface area is 155 Å². The fourth-order valence-corrected chi connectivity index (χ4v) is 2.68. The molecule has 1 aliphatic rings. The van der Waals surface area contributed by atoms with Gasteiger partial charge in [0.2, 0.25) is 11.8 Å². The lowest BCUT2D eigenvalue weighted by Gasteiger charge is -2.34. The van der Waals surface area contributed by atoms with Crippen LogP contribution in [0.4, 0.5) is 5.69 Å². The molecule has 0 aromatic heterocycles. The largest absolute Gasteiger partial charge is 0.339 e. The van der Waals surface area contributed by atoms with E-state index in [-0.39, 0.29) is 43.2 Å². The predicted molar refractivity (Wildman–Crippen MR) is 101 cm³/mol. The van der Waals surface area contributed by atoms with Crippen LogP contribution in [0.15, 0.2) is 18.2 Å². The van der Waals surface area contributed by atoms with Crippen molar-refractivity contribution in [3.8, 4) is 0 Å². The van der Waals surface area contributed by atoms with Crippen LogP contribution in [0.5, 0.6) is 0 Å². The zero-order chi connectivity index (χ0) is 16.1. The van der Waals surface area contributed by atoms with Crippen molar-refractivity contribution in [2.45, 2.75) is 13.8 Å². The van der Waals surface area contributed by atoms with Gasteiger partial charge in [-0.05, 0) is 25.0 Å². The van der Waals surface area contributed by atoms with Crippen molar-refractivity contribution in [1.82, 2.24) is 9.80 Å². The summed E-state index contributed by atoms with van der Waals surface area (Å²) in [4.78, 5) is 27.5. The van der Waals surface area contributed by atoms with Crippen molar-refractivity contribution >= 4 is 42.3 Å². The van der Waals surface area contributed by atoms with E-state index in [9.17, 15) is 9.59 Å². The van der Waals surface area contributed by atoms with Gasteiger partial charge in [-0.2, -0.15) is 0 Å². The number of para-hydroxylation sites is 1. The van der Waals surface area contributed by atoms with Gasteiger partial charge < -0.3 is 16.0 Å². The second-order valence-corrected chi connectivity index (χ2v) is 5.68. The number of rotatable bonds is 4. The third-order valence-corrected chi connectivity index (χ3v) is 4.01. The molecule has 0 bridgehead atoms. The van der Waals surface area contributed by atoms with Crippen LogP contribution in [0.3, 0.4) is 0 Å². The average Bonchev–Trinajstić information content (AvgIpc) is 2.51. The molecular weight excluding hydrogens is 351 g/mol. The number of hydrogen-bond acceptors (Lipinski definition) is 4. The van der Waals surface area contributed by atoms with Gasteiger partial charge in [0.25, 0.3) is 0 Å². The summed E-state index contributed by atoms with van der Waals surface area (Å²) in [6.07, 6.45) is 0. The monoisotopic (exact) mass is 376 g/mol. The van der Waals surface area contributed by atoms with Crippen LogP contribution in [0.1, 0.15) is 11.1 Å². The lowest BCUT2D eigenvalue weighted by molar-refractivity contribution is -0.131. The summed E-state index contributed by atoms with van der Waals surface area (Å²) in [6.45, 7) is 7.03. The summed E-state index contributed by atoms with van der Waals surface area (Å²) >= 11 is 0. The van der Waals surface area contributed by atoms with E-state index >= 15 is 0 Å². The number of hydrogen-bond donors (Lipinski definition) is 2. The van der Waals surface area contributed by atoms with E-state index in [0.717, 1.165) is 16.8 Å². The quantitative estimate of drug-likeness (QED) is 0.826. The predicted octanol–water partition coefficient (Wildman–Crippen LogP) is 1.19. The highest BCUT2D eigenvalue weighted by Crippen LogP contribution is 2.19. The maximum absolute atomic E-state index is 12.2. The Kier molecular flexibility index (Phi) is 9.92. The number of carbonyl (C=O) groups is 2. The van der Waals surface area contributed by atoms with Crippen LogP contribution in [-0.4, -0.2) is 60.9 Å². The zero-order valence-corrected chi connectivity index (χ0v) is 15.7. The zero-order valence-electron chi connectivity index (χ0n) is 14.1. The summed E-state index contributed by atoms with van der Waals surface area (Å²) in [5.41, 5.74) is 8.38. The summed E-state index contributed by atoms with van der Waals surface area (Å²) < 4.78 is 0. The van der Waals surface area contributed by atoms with Crippen LogP contribution in [0, 0.1) is 13.8 Å². The standard InChI is InChI=1S/C16H24N4O2.2ClH/c1-12-4-3-5-13(2)16(12)18-14(21)11-19-6-8-20(9-7-19)15(22)10-17;;/h3-5H,6-11,17H2,1-2H3,(H,18,21);2*1H. The number of carbonyl (C=O) groups excluding carboxylic acids is 2. The Bertz CT molecular complexity index is 541. The highest BCUT2D eigenvalue weighted by atomic mass is 35.5. The molecule has 2 amide bonds. The Morgan fingerprint density at radius 1 is 1.08 bits per heavy atom. The second kappa shape index (κ2) is 10.5. The molecule has 1 heterocycles. The van der Waals surface area contributed by atoms with Gasteiger partial charge in [-0.15, -0.1) is 24.8 Å². The summed E-state index contributed by atoms with van der Waals surface area (Å²) in [5.74, 6) is -0.0457. The lowest BCUT2D eigenvalue weighted by Crippen LogP contribution is -2.51. The van der Waals surface area contributed by atoms with E-state index in [0.29, 0.717) is 32.7 Å². The number of anilines is 1. The summed E-state index contributed by atoms with van der Waals surface area (Å²) in [7, 11) is 0. The Hall–Kier alpha value is -1.34. The molecular formula is C16H26Cl2N4O2. The molecule has 0 saturated carbocycles. The molecule has 0 unspecified atom stereocenters. The van der Waals surface area contributed by atoms with Gasteiger partial charge >= 0.3 is 0 Å². The number of halogens is 2. The van der Waals surface area contributed by atoms with E-state index < -0.39 is 0 Å². The SMILES string of the molecule is Cc1cccc(C)c1NC(=O)CN1CCN(C(=O)CN)CC1.Cl.Cl. The fourth-order valence-electron chi connectivity index (χ4n) is 2.68. The van der Waals surface area contributed by atoms with Crippen molar-refractivity contribution in [2.24, 2.45) is 5.73 Å². The van der Waals surface area contributed by atoms with Crippen molar-refractivity contribution in [3.05, 3.63) is 29.3 Å². The first-order valence-corrected chi connectivity index (χ1v) is 7.57. The molecule has 0 aliphatic carbocycles. The topological polar surface area (TPSA) is 78.7 Å². The Morgan fingerprint density at radius 3 is 2.12 bits per heavy atom. The molecule has 24 heavy (non-hydrogen) atoms. The molecule has 1 fully saturated rings. The minimum atomic E-state index is -0.0281. The number of nitrogens with one attached hydrogen (secondary N) is 1. The number of aryl methyl sites for hydroxylation is 2. The summed E-state index contributed by atoms with van der Waals surface area (Å²) in [5, 5.41) is 2.99. The normalized spacial score (nSPS) is 14.4. The molecule has 1 saturated heterocycles. The molecule has 6 nitrogen and oxygen atoms in total. The molecule has 1 aromatic rings. The van der Waals surface area contributed by atoms with Crippen molar-refractivity contribution in [1.29, 1.82) is 0 Å². The van der Waals surface area contributed by atoms with Gasteiger partial charge in [0.15, 0.2) is 0 Å². The number of amides is 2. The van der Waals surface area contributed by atoms with Crippen LogP contribution in [-0.2, 0) is 9.59 Å². The molecule has 0 spiro atoms. The maximum Gasteiger partial charge on any atom is 0.238 e. The van der Waals surface area contributed by atoms with Crippen molar-refractivity contribution < 1.29 is 9.59 Å². The Balaban J connectivity index is 0.00000264. The van der Waals surface area contributed by atoms with Gasteiger partial charge in [0, 0.05) is 31.9 Å². The first-order chi connectivity index (χ1) is 10.5.